The number of nitrogens with one attached hydrogen (secondary N) is 2. The van der Waals surface area contributed by atoms with Crippen LogP contribution in [0.3, 0.4) is 0 Å². The number of pyridine rings is 1. The summed E-state index contributed by atoms with van der Waals surface area (Å²) in [5.74, 6) is 0. The Kier molecular flexibility index (Phi) is 4.36. The molecule has 3 aromatic rings. The van der Waals surface area contributed by atoms with Gasteiger partial charge in [-0.15, -0.1) is 11.3 Å². The summed E-state index contributed by atoms with van der Waals surface area (Å²) in [6.45, 7) is 14.0. The number of thiazole rings is 1. The Morgan fingerprint density at radius 1 is 1.42 bits per heavy atom. The smallest absolute Gasteiger partial charge is 0.139 e. The van der Waals surface area contributed by atoms with Crippen LogP contribution in [-0.4, -0.2) is 22.0 Å². The number of aromatic nitrogens is 3. The molecule has 0 saturated heterocycles. The molecule has 0 aromatic carbocycles. The van der Waals surface area contributed by atoms with Crippen LogP contribution in [0.2, 0.25) is 0 Å². The molecule has 3 heterocycles. The molecule has 5 heteroatoms. The van der Waals surface area contributed by atoms with Crippen molar-refractivity contribution in [1.82, 2.24) is 20.3 Å². The molecular weight excluding hydrogens is 316 g/mol. The highest BCUT2D eigenvalue weighted by Crippen LogP contribution is 2.34. The van der Waals surface area contributed by atoms with E-state index in [9.17, 15) is 0 Å². The summed E-state index contributed by atoms with van der Waals surface area (Å²) in [5.41, 5.74) is 6.63. The molecule has 0 spiro atoms. The first-order chi connectivity index (χ1) is 11.6. The average molecular weight is 336 g/mol. The maximum absolute atomic E-state index is 4.66. The third-order valence-electron chi connectivity index (χ3n) is 4.07. The SMILES string of the molecule is C=CC(=C)c1c[nH]c2c(-c3csc(C(=C)NC)n3)ncc(CC)c12. The Balaban J connectivity index is 2.21. The predicted octanol–water partition coefficient (Wildman–Crippen LogP) is 4.64. The van der Waals surface area contributed by atoms with Crippen LogP contribution in [0.15, 0.2) is 43.6 Å². The summed E-state index contributed by atoms with van der Waals surface area (Å²) in [5, 5.41) is 7.05. The first-order valence-electron chi connectivity index (χ1n) is 7.74. The number of aryl methyl sites for hydroxylation is 1. The maximum Gasteiger partial charge on any atom is 0.139 e. The molecule has 24 heavy (non-hydrogen) atoms. The Hall–Kier alpha value is -2.66. The predicted molar refractivity (Wildman–Crippen MR) is 104 cm³/mol. The third-order valence-corrected chi connectivity index (χ3v) is 4.97. The van der Waals surface area contributed by atoms with Gasteiger partial charge in [0.05, 0.1) is 11.2 Å². The molecule has 2 N–H and O–H groups in total. The Morgan fingerprint density at radius 3 is 2.88 bits per heavy atom. The lowest BCUT2D eigenvalue weighted by molar-refractivity contribution is 1.11. The van der Waals surface area contributed by atoms with Crippen molar-refractivity contribution in [2.24, 2.45) is 0 Å². The summed E-state index contributed by atoms with van der Waals surface area (Å²) in [6.07, 6.45) is 6.58. The van der Waals surface area contributed by atoms with E-state index in [4.69, 9.17) is 0 Å². The zero-order chi connectivity index (χ0) is 17.3. The Morgan fingerprint density at radius 2 is 2.21 bits per heavy atom. The van der Waals surface area contributed by atoms with Crippen molar-refractivity contribution < 1.29 is 0 Å². The standard InChI is InChI=1S/C19H20N4S/c1-6-11(3)14-9-22-18-16(14)13(7-2)8-21-17(18)15-10-24-19(23-15)12(4)20-5/h6,8-10,20,22H,1,3-4,7H2,2,5H3. The minimum absolute atomic E-state index is 0.805. The number of aromatic amines is 1. The quantitative estimate of drug-likeness (QED) is 0.645. The van der Waals surface area contributed by atoms with Crippen LogP contribution in [0, 0.1) is 0 Å². The monoisotopic (exact) mass is 336 g/mol. The van der Waals surface area contributed by atoms with Gasteiger partial charge in [0.1, 0.15) is 16.4 Å². The fourth-order valence-corrected chi connectivity index (χ4v) is 3.45. The zero-order valence-electron chi connectivity index (χ0n) is 13.9. The van der Waals surface area contributed by atoms with Gasteiger partial charge >= 0.3 is 0 Å². The van der Waals surface area contributed by atoms with Crippen molar-refractivity contribution in [2.75, 3.05) is 7.05 Å². The molecule has 4 nitrogen and oxygen atoms in total. The van der Waals surface area contributed by atoms with Gasteiger partial charge in [-0.1, -0.05) is 32.7 Å². The maximum atomic E-state index is 4.66. The van der Waals surface area contributed by atoms with Crippen LogP contribution in [0.5, 0.6) is 0 Å². The van der Waals surface area contributed by atoms with Gasteiger partial charge in [0.15, 0.2) is 0 Å². The number of hydrogen-bond acceptors (Lipinski definition) is 4. The summed E-state index contributed by atoms with van der Waals surface area (Å²) in [4.78, 5) is 12.7. The fraction of sp³-hybridized carbons (Fsp3) is 0.158. The largest absolute Gasteiger partial charge is 0.386 e. The number of rotatable bonds is 6. The number of allylic oxidation sites excluding steroid dienone is 2. The van der Waals surface area contributed by atoms with E-state index in [1.807, 2.05) is 24.8 Å². The zero-order valence-corrected chi connectivity index (χ0v) is 14.8. The van der Waals surface area contributed by atoms with E-state index >= 15 is 0 Å². The van der Waals surface area contributed by atoms with Crippen LogP contribution in [0.25, 0.3) is 33.6 Å². The minimum atomic E-state index is 0.805. The lowest BCUT2D eigenvalue weighted by atomic mass is 10.0. The molecule has 122 valence electrons. The van der Waals surface area contributed by atoms with E-state index in [2.05, 4.69) is 46.9 Å². The van der Waals surface area contributed by atoms with Gasteiger partial charge in [-0.25, -0.2) is 4.98 Å². The van der Waals surface area contributed by atoms with E-state index in [1.54, 1.807) is 17.4 Å². The van der Waals surface area contributed by atoms with Gasteiger partial charge < -0.3 is 10.3 Å². The van der Waals surface area contributed by atoms with Gasteiger partial charge in [0.25, 0.3) is 0 Å². The molecule has 0 aliphatic carbocycles. The van der Waals surface area contributed by atoms with E-state index in [1.165, 1.54) is 5.56 Å². The van der Waals surface area contributed by atoms with Crippen molar-refractivity contribution >= 4 is 33.5 Å². The normalized spacial score (nSPS) is 10.8. The van der Waals surface area contributed by atoms with E-state index < -0.39 is 0 Å². The number of hydrogen-bond donors (Lipinski definition) is 2. The molecule has 0 amide bonds. The Bertz CT molecular complexity index is 946. The van der Waals surface area contributed by atoms with E-state index in [0.29, 0.717) is 0 Å². The van der Waals surface area contributed by atoms with Crippen molar-refractivity contribution in [2.45, 2.75) is 13.3 Å². The van der Waals surface area contributed by atoms with Crippen LogP contribution < -0.4 is 5.32 Å². The number of nitrogens with zero attached hydrogens (tertiary/aromatic N) is 2. The highest BCUT2D eigenvalue weighted by Gasteiger charge is 2.17. The van der Waals surface area contributed by atoms with Crippen LogP contribution in [0.4, 0.5) is 0 Å². The Labute approximate surface area is 145 Å². The van der Waals surface area contributed by atoms with Crippen LogP contribution >= 0.6 is 11.3 Å². The number of fused-ring (bicyclic) bond motifs is 1. The minimum Gasteiger partial charge on any atom is -0.386 e. The molecule has 0 atom stereocenters. The van der Waals surface area contributed by atoms with Crippen molar-refractivity contribution in [1.29, 1.82) is 0 Å². The van der Waals surface area contributed by atoms with Gasteiger partial charge in [-0.2, -0.15) is 0 Å². The fourth-order valence-electron chi connectivity index (χ4n) is 2.67. The van der Waals surface area contributed by atoms with Gasteiger partial charge in [-0.3, -0.25) is 4.98 Å². The molecule has 0 fully saturated rings. The second-order valence-corrected chi connectivity index (χ2v) is 6.29. The first kappa shape index (κ1) is 16.2. The van der Waals surface area contributed by atoms with Crippen molar-refractivity contribution in [3.8, 4) is 11.4 Å². The second kappa shape index (κ2) is 6.45. The molecule has 0 unspecified atom stereocenters. The summed E-state index contributed by atoms with van der Waals surface area (Å²) in [7, 11) is 1.84. The highest BCUT2D eigenvalue weighted by atomic mass is 32.1. The van der Waals surface area contributed by atoms with Crippen molar-refractivity contribution in [3.05, 3.63) is 59.7 Å². The molecule has 3 rings (SSSR count). The second-order valence-electron chi connectivity index (χ2n) is 5.43. The lowest BCUT2D eigenvalue weighted by Crippen LogP contribution is -2.02. The average Bonchev–Trinajstić information content (AvgIpc) is 3.27. The molecule has 0 saturated carbocycles. The summed E-state index contributed by atoms with van der Waals surface area (Å²) in [6, 6.07) is 0. The lowest BCUT2D eigenvalue weighted by Gasteiger charge is -2.06. The van der Waals surface area contributed by atoms with Crippen molar-refractivity contribution in [3.63, 3.8) is 0 Å². The third kappa shape index (κ3) is 2.57. The highest BCUT2D eigenvalue weighted by molar-refractivity contribution is 7.11. The van der Waals surface area contributed by atoms with E-state index in [-0.39, 0.29) is 0 Å². The van der Waals surface area contributed by atoms with E-state index in [0.717, 1.165) is 50.6 Å². The van der Waals surface area contributed by atoms with Gasteiger partial charge in [0, 0.05) is 35.8 Å². The summed E-state index contributed by atoms with van der Waals surface area (Å²) >= 11 is 1.55. The molecule has 0 aliphatic rings. The molecule has 0 aliphatic heterocycles. The molecule has 0 radical (unpaired) electrons. The van der Waals surface area contributed by atoms with Gasteiger partial charge in [-0.05, 0) is 17.6 Å². The van der Waals surface area contributed by atoms with Crippen LogP contribution in [-0.2, 0) is 6.42 Å². The molecular formula is C19H20N4S. The summed E-state index contributed by atoms with van der Waals surface area (Å²) < 4.78 is 0. The number of H-pyrrole nitrogens is 1. The van der Waals surface area contributed by atoms with Crippen LogP contribution in [0.1, 0.15) is 23.1 Å². The topological polar surface area (TPSA) is 53.6 Å². The molecule has 0 bridgehead atoms. The van der Waals surface area contributed by atoms with Gasteiger partial charge in [0.2, 0.25) is 0 Å². The molecule has 3 aromatic heterocycles. The first-order valence-corrected chi connectivity index (χ1v) is 8.62.